The van der Waals surface area contributed by atoms with E-state index < -0.39 is 6.10 Å². The monoisotopic (exact) mass is 296 g/mol. The summed E-state index contributed by atoms with van der Waals surface area (Å²) in [5.74, 6) is 1.29. The maximum atomic E-state index is 10.4. The van der Waals surface area contributed by atoms with Gasteiger partial charge >= 0.3 is 0 Å². The molecule has 2 aromatic carbocycles. The number of benzene rings is 2. The normalized spacial score (nSPS) is 14.5. The van der Waals surface area contributed by atoms with Crippen molar-refractivity contribution in [1.29, 1.82) is 0 Å². The molecule has 3 rings (SSSR count). The molecule has 2 aromatic rings. The summed E-state index contributed by atoms with van der Waals surface area (Å²) in [5, 5.41) is 11.4. The molecule has 1 atom stereocenters. The van der Waals surface area contributed by atoms with E-state index in [1.165, 1.54) is 0 Å². The van der Waals surface area contributed by atoms with E-state index in [1.807, 2.05) is 0 Å². The Bertz CT molecular complexity index is 628. The Morgan fingerprint density at radius 2 is 1.79 bits per heavy atom. The third kappa shape index (κ3) is 2.37. The van der Waals surface area contributed by atoms with Crippen LogP contribution in [0.4, 0.5) is 0 Å². The fraction of sp³-hybridized carbons (Fsp3) is 0.143. The van der Waals surface area contributed by atoms with Gasteiger partial charge < -0.3 is 14.6 Å². The number of aliphatic hydroxyl groups is 1. The van der Waals surface area contributed by atoms with Crippen LogP contribution in [0.1, 0.15) is 17.2 Å². The zero-order valence-corrected chi connectivity index (χ0v) is 11.3. The van der Waals surface area contributed by atoms with Gasteiger partial charge in [0.2, 0.25) is 6.79 Å². The summed E-state index contributed by atoms with van der Waals surface area (Å²) in [6, 6.07) is 10.3. The van der Waals surface area contributed by atoms with E-state index in [4.69, 9.17) is 32.7 Å². The molecule has 0 spiro atoms. The van der Waals surface area contributed by atoms with Crippen LogP contribution in [-0.2, 0) is 0 Å². The molecule has 1 heterocycles. The Morgan fingerprint density at radius 3 is 2.63 bits per heavy atom. The lowest BCUT2D eigenvalue weighted by Crippen LogP contribution is -2.00. The molecule has 0 saturated heterocycles. The smallest absolute Gasteiger partial charge is 0.231 e. The van der Waals surface area contributed by atoms with Crippen LogP contribution >= 0.6 is 23.2 Å². The van der Waals surface area contributed by atoms with E-state index >= 15 is 0 Å². The van der Waals surface area contributed by atoms with Crippen molar-refractivity contribution in [3.8, 4) is 11.5 Å². The van der Waals surface area contributed by atoms with Gasteiger partial charge in [-0.05, 0) is 35.9 Å². The summed E-state index contributed by atoms with van der Waals surface area (Å²) >= 11 is 12.0. The quantitative estimate of drug-likeness (QED) is 0.916. The average molecular weight is 297 g/mol. The first-order valence-corrected chi connectivity index (χ1v) is 6.43. The van der Waals surface area contributed by atoms with Crippen LogP contribution in [0.15, 0.2) is 36.4 Å². The van der Waals surface area contributed by atoms with E-state index in [9.17, 15) is 5.11 Å². The molecule has 98 valence electrons. The molecule has 0 saturated carbocycles. The van der Waals surface area contributed by atoms with Crippen molar-refractivity contribution in [3.05, 3.63) is 57.6 Å². The molecule has 0 aliphatic carbocycles. The molecule has 3 nitrogen and oxygen atoms in total. The second kappa shape index (κ2) is 4.93. The van der Waals surface area contributed by atoms with Crippen molar-refractivity contribution in [2.75, 3.05) is 6.79 Å². The first kappa shape index (κ1) is 12.6. The summed E-state index contributed by atoms with van der Waals surface area (Å²) in [5.41, 5.74) is 1.24. The minimum atomic E-state index is -0.860. The fourth-order valence-electron chi connectivity index (χ4n) is 1.99. The Balaban J connectivity index is 1.99. The van der Waals surface area contributed by atoms with Gasteiger partial charge in [0, 0.05) is 15.6 Å². The molecule has 1 N–H and O–H groups in total. The van der Waals surface area contributed by atoms with Crippen molar-refractivity contribution >= 4 is 23.2 Å². The van der Waals surface area contributed by atoms with E-state index in [0.717, 1.165) is 0 Å². The SMILES string of the molecule is OC(c1ccc2c(c1)OCO2)c1cc(Cl)ccc1Cl. The highest BCUT2D eigenvalue weighted by Crippen LogP contribution is 2.37. The summed E-state index contributed by atoms with van der Waals surface area (Å²) in [7, 11) is 0. The molecular formula is C14H10Cl2O3. The van der Waals surface area contributed by atoms with Crippen molar-refractivity contribution in [2.45, 2.75) is 6.10 Å². The molecule has 5 heteroatoms. The summed E-state index contributed by atoms with van der Waals surface area (Å²) in [4.78, 5) is 0. The Kier molecular flexibility index (Phi) is 3.27. The molecule has 0 radical (unpaired) electrons. The van der Waals surface area contributed by atoms with E-state index in [2.05, 4.69) is 0 Å². The van der Waals surface area contributed by atoms with Crippen molar-refractivity contribution < 1.29 is 14.6 Å². The lowest BCUT2D eigenvalue weighted by atomic mass is 10.0. The van der Waals surface area contributed by atoms with Gasteiger partial charge in [-0.1, -0.05) is 29.3 Å². The zero-order chi connectivity index (χ0) is 13.4. The molecular weight excluding hydrogens is 287 g/mol. The molecule has 1 unspecified atom stereocenters. The standard InChI is InChI=1S/C14H10Cl2O3/c15-9-2-3-11(16)10(6-9)14(17)8-1-4-12-13(5-8)19-7-18-12/h1-6,14,17H,7H2. The molecule has 1 aliphatic heterocycles. The van der Waals surface area contributed by atoms with Crippen LogP contribution in [0.5, 0.6) is 11.5 Å². The largest absolute Gasteiger partial charge is 0.454 e. The van der Waals surface area contributed by atoms with Gasteiger partial charge in [0.1, 0.15) is 6.10 Å². The minimum Gasteiger partial charge on any atom is -0.454 e. The third-order valence-corrected chi connectivity index (χ3v) is 3.54. The third-order valence-electron chi connectivity index (χ3n) is 2.96. The van der Waals surface area contributed by atoms with Crippen molar-refractivity contribution in [2.24, 2.45) is 0 Å². The molecule has 19 heavy (non-hydrogen) atoms. The first-order chi connectivity index (χ1) is 9.15. The average Bonchev–Trinajstić information content (AvgIpc) is 2.88. The predicted octanol–water partition coefficient (Wildman–Crippen LogP) is 3.80. The van der Waals surface area contributed by atoms with E-state index in [1.54, 1.807) is 36.4 Å². The van der Waals surface area contributed by atoms with Gasteiger partial charge in [0.15, 0.2) is 11.5 Å². The summed E-state index contributed by atoms with van der Waals surface area (Å²) in [6.07, 6.45) is -0.860. The van der Waals surface area contributed by atoms with Crippen LogP contribution < -0.4 is 9.47 Å². The number of hydrogen-bond acceptors (Lipinski definition) is 3. The number of rotatable bonds is 2. The highest BCUT2D eigenvalue weighted by atomic mass is 35.5. The minimum absolute atomic E-state index is 0.201. The number of ether oxygens (including phenoxy) is 2. The number of aliphatic hydroxyl groups excluding tert-OH is 1. The second-order valence-electron chi connectivity index (χ2n) is 4.18. The highest BCUT2D eigenvalue weighted by Gasteiger charge is 2.19. The maximum Gasteiger partial charge on any atom is 0.231 e. The number of hydrogen-bond donors (Lipinski definition) is 1. The van der Waals surface area contributed by atoms with Gasteiger partial charge in [0.05, 0.1) is 0 Å². The maximum absolute atomic E-state index is 10.4. The Labute approximate surface area is 120 Å². The van der Waals surface area contributed by atoms with Gasteiger partial charge in [-0.3, -0.25) is 0 Å². The zero-order valence-electron chi connectivity index (χ0n) is 9.77. The second-order valence-corrected chi connectivity index (χ2v) is 5.02. The van der Waals surface area contributed by atoms with Gasteiger partial charge in [-0.2, -0.15) is 0 Å². The number of fused-ring (bicyclic) bond motifs is 1. The van der Waals surface area contributed by atoms with Gasteiger partial charge in [0.25, 0.3) is 0 Å². The van der Waals surface area contributed by atoms with Gasteiger partial charge in [-0.15, -0.1) is 0 Å². The van der Waals surface area contributed by atoms with Crippen molar-refractivity contribution in [3.63, 3.8) is 0 Å². The number of halogens is 2. The van der Waals surface area contributed by atoms with E-state index in [0.29, 0.717) is 32.7 Å². The van der Waals surface area contributed by atoms with Crippen LogP contribution in [0.3, 0.4) is 0 Å². The Morgan fingerprint density at radius 1 is 1.00 bits per heavy atom. The summed E-state index contributed by atoms with van der Waals surface area (Å²) in [6.45, 7) is 0.201. The lowest BCUT2D eigenvalue weighted by molar-refractivity contribution is 0.173. The van der Waals surface area contributed by atoms with Crippen LogP contribution in [-0.4, -0.2) is 11.9 Å². The van der Waals surface area contributed by atoms with Crippen LogP contribution in [0, 0.1) is 0 Å². The Hall–Kier alpha value is -1.42. The van der Waals surface area contributed by atoms with Crippen molar-refractivity contribution in [1.82, 2.24) is 0 Å². The molecule has 1 aliphatic rings. The first-order valence-electron chi connectivity index (χ1n) is 5.68. The van der Waals surface area contributed by atoms with Gasteiger partial charge in [-0.25, -0.2) is 0 Å². The summed E-state index contributed by atoms with van der Waals surface area (Å²) < 4.78 is 10.5. The van der Waals surface area contributed by atoms with Crippen LogP contribution in [0.25, 0.3) is 0 Å². The fourth-order valence-corrected chi connectivity index (χ4v) is 2.39. The molecule has 0 fully saturated rings. The lowest BCUT2D eigenvalue weighted by Gasteiger charge is -2.14. The molecule has 0 amide bonds. The van der Waals surface area contributed by atoms with Crippen LogP contribution in [0.2, 0.25) is 10.0 Å². The molecule has 0 aromatic heterocycles. The predicted molar refractivity (Wildman–Crippen MR) is 73.1 cm³/mol. The highest BCUT2D eigenvalue weighted by molar-refractivity contribution is 6.33. The topological polar surface area (TPSA) is 38.7 Å². The van der Waals surface area contributed by atoms with E-state index in [-0.39, 0.29) is 6.79 Å². The molecule has 0 bridgehead atoms.